The van der Waals surface area contributed by atoms with Crippen LogP contribution in [0, 0.1) is 6.92 Å². The van der Waals surface area contributed by atoms with Crippen molar-refractivity contribution in [2.24, 2.45) is 0 Å². The largest absolute Gasteiger partial charge is 0.380 e. The lowest BCUT2D eigenvalue weighted by atomic mass is 10.1. The Hall–Kier alpha value is -0.420. The maximum atomic E-state index is 5.48. The molecule has 1 aliphatic rings. The van der Waals surface area contributed by atoms with Crippen LogP contribution in [0.4, 0.5) is 0 Å². The lowest BCUT2D eigenvalue weighted by Crippen LogP contribution is -2.34. The summed E-state index contributed by atoms with van der Waals surface area (Å²) in [4.78, 5) is 5.31. The molecule has 1 unspecified atom stereocenters. The lowest BCUT2D eigenvalue weighted by Gasteiger charge is -2.22. The second-order valence-electron chi connectivity index (χ2n) is 6.83. The van der Waals surface area contributed by atoms with Crippen LogP contribution in [0.25, 0.3) is 0 Å². The number of aryl methyl sites for hydroxylation is 1. The zero-order valence-electron chi connectivity index (χ0n) is 13.5. The fraction of sp³-hybridized carbons (Fsp3) is 0.750. The average molecular weight is 296 g/mol. The first-order valence-electron chi connectivity index (χ1n) is 7.46. The first kappa shape index (κ1) is 16.0. The number of nitrogens with one attached hydrogen (secondary N) is 1. The molecule has 114 valence electrons. The number of hydrogen-bond acceptors (Lipinski definition) is 4. The van der Waals surface area contributed by atoms with E-state index < -0.39 is 0 Å². The molecular formula is C16H28N2OS. The van der Waals surface area contributed by atoms with Gasteiger partial charge in [0.25, 0.3) is 0 Å². The highest BCUT2D eigenvalue weighted by molar-refractivity contribution is 7.12. The number of ether oxygens (including phenoxy) is 1. The standard InChI is InChI=1S/C16H28N2OS/c1-12-13(10-18(5)14-6-7-19-11-14)8-15(20-12)9-17-16(2,3)4/h8,14,17H,6-7,9-11H2,1-5H3. The first-order chi connectivity index (χ1) is 9.35. The number of thiophene rings is 1. The highest BCUT2D eigenvalue weighted by Crippen LogP contribution is 2.24. The molecule has 0 saturated carbocycles. The van der Waals surface area contributed by atoms with Gasteiger partial charge in [-0.2, -0.15) is 0 Å². The van der Waals surface area contributed by atoms with Crippen molar-refractivity contribution in [3.8, 4) is 0 Å². The van der Waals surface area contributed by atoms with Crippen molar-refractivity contribution in [2.45, 2.75) is 58.8 Å². The van der Waals surface area contributed by atoms with Crippen molar-refractivity contribution in [3.05, 3.63) is 21.4 Å². The van der Waals surface area contributed by atoms with Gasteiger partial charge in [-0.05, 0) is 52.8 Å². The summed E-state index contributed by atoms with van der Waals surface area (Å²) in [7, 11) is 2.21. The molecule has 1 aromatic rings. The van der Waals surface area contributed by atoms with Crippen molar-refractivity contribution in [3.63, 3.8) is 0 Å². The van der Waals surface area contributed by atoms with Crippen molar-refractivity contribution < 1.29 is 4.74 Å². The van der Waals surface area contributed by atoms with Crippen LogP contribution in [0.2, 0.25) is 0 Å². The van der Waals surface area contributed by atoms with E-state index in [-0.39, 0.29) is 5.54 Å². The van der Waals surface area contributed by atoms with Gasteiger partial charge in [0.2, 0.25) is 0 Å². The van der Waals surface area contributed by atoms with Crippen LogP contribution in [0.3, 0.4) is 0 Å². The zero-order valence-corrected chi connectivity index (χ0v) is 14.3. The van der Waals surface area contributed by atoms with E-state index in [2.05, 4.69) is 51.0 Å². The predicted molar refractivity (Wildman–Crippen MR) is 86.3 cm³/mol. The molecule has 4 heteroatoms. The summed E-state index contributed by atoms with van der Waals surface area (Å²) in [5, 5.41) is 3.56. The van der Waals surface area contributed by atoms with Gasteiger partial charge in [-0.25, -0.2) is 0 Å². The summed E-state index contributed by atoms with van der Waals surface area (Å²) in [6.07, 6.45) is 1.16. The molecule has 1 atom stereocenters. The predicted octanol–water partition coefficient (Wildman–Crippen LogP) is 3.17. The minimum atomic E-state index is 0.177. The average Bonchev–Trinajstić information content (AvgIpc) is 2.96. The van der Waals surface area contributed by atoms with Crippen LogP contribution in [0.5, 0.6) is 0 Å². The SMILES string of the molecule is Cc1sc(CNC(C)(C)C)cc1CN(C)C1CCOC1. The highest BCUT2D eigenvalue weighted by Gasteiger charge is 2.21. The van der Waals surface area contributed by atoms with Crippen LogP contribution < -0.4 is 5.32 Å². The zero-order chi connectivity index (χ0) is 14.8. The molecule has 1 fully saturated rings. The molecule has 0 bridgehead atoms. The molecule has 3 nitrogen and oxygen atoms in total. The normalized spacial score (nSPS) is 20.0. The summed E-state index contributed by atoms with van der Waals surface area (Å²) in [6.45, 7) is 12.7. The van der Waals surface area contributed by atoms with Crippen molar-refractivity contribution >= 4 is 11.3 Å². The summed E-state index contributed by atoms with van der Waals surface area (Å²) in [5.41, 5.74) is 1.64. The van der Waals surface area contributed by atoms with Crippen molar-refractivity contribution in [1.82, 2.24) is 10.2 Å². The van der Waals surface area contributed by atoms with E-state index >= 15 is 0 Å². The third-order valence-electron chi connectivity index (χ3n) is 3.81. The number of rotatable bonds is 5. The summed E-state index contributed by atoms with van der Waals surface area (Å²) in [5.74, 6) is 0. The van der Waals surface area contributed by atoms with Crippen LogP contribution in [-0.4, -0.2) is 36.7 Å². The van der Waals surface area contributed by atoms with Gasteiger partial charge in [0.05, 0.1) is 6.61 Å². The maximum Gasteiger partial charge on any atom is 0.0622 e. The molecule has 1 saturated heterocycles. The van der Waals surface area contributed by atoms with E-state index in [9.17, 15) is 0 Å². The monoisotopic (exact) mass is 296 g/mol. The molecule has 1 N–H and O–H groups in total. The third kappa shape index (κ3) is 4.55. The quantitative estimate of drug-likeness (QED) is 0.903. The smallest absolute Gasteiger partial charge is 0.0622 e. The Morgan fingerprint density at radius 1 is 1.45 bits per heavy atom. The Bertz CT molecular complexity index is 430. The Morgan fingerprint density at radius 3 is 2.80 bits per heavy atom. The molecule has 0 aliphatic carbocycles. The van der Waals surface area contributed by atoms with Gasteiger partial charge in [-0.3, -0.25) is 4.90 Å². The van der Waals surface area contributed by atoms with Gasteiger partial charge in [-0.1, -0.05) is 0 Å². The van der Waals surface area contributed by atoms with Gasteiger partial charge in [-0.15, -0.1) is 11.3 Å². The maximum absolute atomic E-state index is 5.48. The van der Waals surface area contributed by atoms with Crippen molar-refractivity contribution in [1.29, 1.82) is 0 Å². The molecule has 0 amide bonds. The van der Waals surface area contributed by atoms with Gasteiger partial charge in [0.15, 0.2) is 0 Å². The van der Waals surface area contributed by atoms with Gasteiger partial charge in [0, 0.05) is 41.0 Å². The van der Waals surface area contributed by atoms with E-state index in [0.717, 1.165) is 32.7 Å². The molecule has 1 aromatic heterocycles. The molecule has 20 heavy (non-hydrogen) atoms. The van der Waals surface area contributed by atoms with E-state index in [0.29, 0.717) is 6.04 Å². The van der Waals surface area contributed by atoms with Crippen LogP contribution in [0.1, 0.15) is 42.5 Å². The fourth-order valence-electron chi connectivity index (χ4n) is 2.45. The second-order valence-corrected chi connectivity index (χ2v) is 8.17. The molecule has 2 rings (SSSR count). The molecular weight excluding hydrogens is 268 g/mol. The highest BCUT2D eigenvalue weighted by atomic mass is 32.1. The first-order valence-corrected chi connectivity index (χ1v) is 8.28. The molecule has 0 aromatic carbocycles. The topological polar surface area (TPSA) is 24.5 Å². The Kier molecular flexibility index (Phi) is 5.24. The molecule has 2 heterocycles. The van der Waals surface area contributed by atoms with Crippen molar-refractivity contribution in [2.75, 3.05) is 20.3 Å². The summed E-state index contributed by atoms with van der Waals surface area (Å²) < 4.78 is 5.48. The van der Waals surface area contributed by atoms with Crippen LogP contribution in [0.15, 0.2) is 6.07 Å². The minimum Gasteiger partial charge on any atom is -0.380 e. The van der Waals surface area contributed by atoms with Gasteiger partial charge in [0.1, 0.15) is 0 Å². The van der Waals surface area contributed by atoms with Gasteiger partial charge < -0.3 is 10.1 Å². The lowest BCUT2D eigenvalue weighted by molar-refractivity contribution is 0.156. The minimum absolute atomic E-state index is 0.177. The Balaban J connectivity index is 1.93. The van der Waals surface area contributed by atoms with E-state index in [1.165, 1.54) is 15.3 Å². The Labute approximate surface area is 127 Å². The van der Waals surface area contributed by atoms with E-state index in [4.69, 9.17) is 4.74 Å². The third-order valence-corrected chi connectivity index (χ3v) is 4.91. The van der Waals surface area contributed by atoms with Gasteiger partial charge >= 0.3 is 0 Å². The Morgan fingerprint density at radius 2 is 2.20 bits per heavy atom. The number of hydrogen-bond donors (Lipinski definition) is 1. The molecule has 1 aliphatic heterocycles. The number of likely N-dealkylation sites (N-methyl/N-ethyl adjacent to an activating group) is 1. The fourth-order valence-corrected chi connectivity index (χ4v) is 3.44. The second kappa shape index (κ2) is 6.56. The van der Waals surface area contributed by atoms with E-state index in [1.54, 1.807) is 0 Å². The summed E-state index contributed by atoms with van der Waals surface area (Å²) >= 11 is 1.92. The summed E-state index contributed by atoms with van der Waals surface area (Å²) in [6, 6.07) is 2.95. The van der Waals surface area contributed by atoms with Crippen LogP contribution in [-0.2, 0) is 17.8 Å². The number of nitrogens with zero attached hydrogens (tertiary/aromatic N) is 1. The van der Waals surface area contributed by atoms with E-state index in [1.807, 2.05) is 11.3 Å². The molecule has 0 spiro atoms. The van der Waals surface area contributed by atoms with Crippen LogP contribution >= 0.6 is 11.3 Å². The molecule has 0 radical (unpaired) electrons.